The van der Waals surface area contributed by atoms with E-state index >= 15 is 0 Å². The quantitative estimate of drug-likeness (QED) is 0.311. The van der Waals surface area contributed by atoms with Crippen LogP contribution < -0.4 is 4.74 Å². The number of carbonyl (C=O) groups is 4. The molecule has 1 aromatic carbocycles. The number of methoxy groups -OCH3 is 1. The Kier molecular flexibility index (Phi) is 9.50. The minimum atomic E-state index is -2.74. The van der Waals surface area contributed by atoms with Gasteiger partial charge in [-0.05, 0) is 44.0 Å². The number of nitrogens with zero attached hydrogens (tertiary/aromatic N) is 5. The first-order valence-electron chi connectivity index (χ1n) is 12.1. The number of benzene rings is 1. The van der Waals surface area contributed by atoms with Gasteiger partial charge in [0.1, 0.15) is 11.4 Å². The summed E-state index contributed by atoms with van der Waals surface area (Å²) in [6, 6.07) is 7.82. The number of ether oxygens (including phenoxy) is 1. The largest absolute Gasteiger partial charge is 0.497 e. The summed E-state index contributed by atoms with van der Waals surface area (Å²) in [5, 5.41) is 38.4. The molecule has 0 atom stereocenters. The lowest BCUT2D eigenvalue weighted by atomic mass is 9.96. The van der Waals surface area contributed by atoms with Crippen LogP contribution in [0.5, 0.6) is 5.75 Å². The molecule has 0 unspecified atom stereocenters. The third kappa shape index (κ3) is 7.38. The summed E-state index contributed by atoms with van der Waals surface area (Å²) < 4.78 is 7.18. The fraction of sp³-hybridized carbons (Fsp3) is 0.346. The van der Waals surface area contributed by atoms with Gasteiger partial charge >= 0.3 is 17.9 Å². The average Bonchev–Trinajstić information content (AvgIpc) is 3.17. The SMILES string of the molecule is COc1ccc(-n2ncc3c2CCCN(C(=O)c2cnc(C)cn2)C3)cc1.O=C(O)CC(O)(CC(=O)O)C(=O)O. The Morgan fingerprint density at radius 2 is 1.62 bits per heavy atom. The Morgan fingerprint density at radius 1 is 0.975 bits per heavy atom. The Bertz CT molecular complexity index is 1350. The number of rotatable bonds is 8. The molecule has 0 bridgehead atoms. The van der Waals surface area contributed by atoms with Crippen LogP contribution in [0.15, 0.2) is 42.9 Å². The molecule has 0 fully saturated rings. The molecule has 14 nitrogen and oxygen atoms in total. The molecule has 1 aliphatic heterocycles. The van der Waals surface area contributed by atoms with E-state index in [0.29, 0.717) is 18.8 Å². The Balaban J connectivity index is 0.000000289. The molecule has 4 rings (SSSR count). The normalized spacial score (nSPS) is 12.8. The van der Waals surface area contributed by atoms with Crippen molar-refractivity contribution in [3.63, 3.8) is 0 Å². The number of carboxylic acid groups (broad SMARTS) is 3. The van der Waals surface area contributed by atoms with E-state index < -0.39 is 36.4 Å². The van der Waals surface area contributed by atoms with Gasteiger partial charge in [0.2, 0.25) is 0 Å². The van der Waals surface area contributed by atoms with Gasteiger partial charge in [0.15, 0.2) is 5.60 Å². The highest BCUT2D eigenvalue weighted by Crippen LogP contribution is 2.24. The highest BCUT2D eigenvalue weighted by molar-refractivity contribution is 5.92. The Morgan fingerprint density at radius 3 is 2.15 bits per heavy atom. The zero-order valence-electron chi connectivity index (χ0n) is 21.9. The zero-order chi connectivity index (χ0) is 29.4. The number of aliphatic carboxylic acids is 3. The molecule has 1 aliphatic rings. The van der Waals surface area contributed by atoms with E-state index in [9.17, 15) is 19.2 Å². The predicted molar refractivity (Wildman–Crippen MR) is 137 cm³/mol. The van der Waals surface area contributed by atoms with Gasteiger partial charge in [0, 0.05) is 30.5 Å². The monoisotopic (exact) mass is 555 g/mol. The molecule has 14 heteroatoms. The summed E-state index contributed by atoms with van der Waals surface area (Å²) in [6.45, 7) is 3.07. The van der Waals surface area contributed by atoms with Crippen molar-refractivity contribution < 1.29 is 44.3 Å². The number of aryl methyl sites for hydroxylation is 1. The first kappa shape index (κ1) is 29.7. The highest BCUT2D eigenvalue weighted by atomic mass is 16.5. The summed E-state index contributed by atoms with van der Waals surface area (Å²) in [5.41, 5.74) is 1.64. The average molecular weight is 556 g/mol. The van der Waals surface area contributed by atoms with E-state index in [1.165, 1.54) is 0 Å². The van der Waals surface area contributed by atoms with Crippen LogP contribution in [0.25, 0.3) is 5.69 Å². The molecule has 1 amide bonds. The summed E-state index contributed by atoms with van der Waals surface area (Å²) in [6.07, 6.45) is 4.47. The number of carboxylic acids is 3. The number of carbonyl (C=O) groups excluding carboxylic acids is 1. The highest BCUT2D eigenvalue weighted by Gasteiger charge is 2.40. The topological polar surface area (TPSA) is 205 Å². The molecule has 0 spiro atoms. The molecule has 40 heavy (non-hydrogen) atoms. The molecule has 4 N–H and O–H groups in total. The maximum atomic E-state index is 12.8. The second-order valence-corrected chi connectivity index (χ2v) is 9.08. The number of fused-ring (bicyclic) bond motifs is 1. The standard InChI is InChI=1S/C20H21N5O2.C6H8O7/c1-14-10-22-18(12-21-14)20(26)24-9-3-4-19-15(13-24)11-23-25(19)16-5-7-17(27-2)8-6-16;7-3(8)1-6(13,5(11)12)2-4(9)10/h5-8,10-12H,3-4,9,13H2,1-2H3;13H,1-2H2,(H,7,8)(H,9,10)(H,11,12). The van der Waals surface area contributed by atoms with Crippen LogP contribution in [0, 0.1) is 6.92 Å². The summed E-state index contributed by atoms with van der Waals surface area (Å²) in [4.78, 5) is 53.5. The van der Waals surface area contributed by atoms with Crippen molar-refractivity contribution in [1.82, 2.24) is 24.6 Å². The molecular weight excluding hydrogens is 526 g/mol. The molecule has 3 aromatic rings. The van der Waals surface area contributed by atoms with Crippen LogP contribution >= 0.6 is 0 Å². The summed E-state index contributed by atoms with van der Waals surface area (Å²) >= 11 is 0. The van der Waals surface area contributed by atoms with Gasteiger partial charge in [-0.1, -0.05) is 0 Å². The van der Waals surface area contributed by atoms with E-state index in [-0.39, 0.29) is 5.91 Å². The third-order valence-electron chi connectivity index (χ3n) is 6.05. The van der Waals surface area contributed by atoms with E-state index in [2.05, 4.69) is 15.1 Å². The lowest BCUT2D eigenvalue weighted by molar-refractivity contribution is -0.170. The smallest absolute Gasteiger partial charge is 0.336 e. The summed E-state index contributed by atoms with van der Waals surface area (Å²) in [7, 11) is 1.65. The van der Waals surface area contributed by atoms with Crippen LogP contribution in [0.4, 0.5) is 0 Å². The molecule has 2 aromatic heterocycles. The minimum absolute atomic E-state index is 0.0902. The van der Waals surface area contributed by atoms with Gasteiger partial charge in [-0.15, -0.1) is 0 Å². The van der Waals surface area contributed by atoms with Crippen LogP contribution in [0.2, 0.25) is 0 Å². The second-order valence-electron chi connectivity index (χ2n) is 9.08. The van der Waals surface area contributed by atoms with Gasteiger partial charge in [-0.3, -0.25) is 19.4 Å². The number of hydrogen-bond acceptors (Lipinski definition) is 9. The Hall–Kier alpha value is -4.85. The van der Waals surface area contributed by atoms with Crippen molar-refractivity contribution in [3.8, 4) is 11.4 Å². The molecule has 0 saturated heterocycles. The molecule has 0 saturated carbocycles. The van der Waals surface area contributed by atoms with Crippen LogP contribution in [0.3, 0.4) is 0 Å². The maximum Gasteiger partial charge on any atom is 0.336 e. The van der Waals surface area contributed by atoms with Gasteiger partial charge in [0.05, 0.1) is 43.7 Å². The Labute approximate surface area is 228 Å². The number of aromatic nitrogens is 4. The van der Waals surface area contributed by atoms with Crippen molar-refractivity contribution in [2.45, 2.75) is 44.8 Å². The fourth-order valence-electron chi connectivity index (χ4n) is 4.03. The predicted octanol–water partition coefficient (Wildman–Crippen LogP) is 1.32. The fourth-order valence-corrected chi connectivity index (χ4v) is 4.03. The van der Waals surface area contributed by atoms with Crippen molar-refractivity contribution in [3.05, 3.63) is 65.5 Å². The van der Waals surface area contributed by atoms with Gasteiger partial charge in [0.25, 0.3) is 5.91 Å². The second kappa shape index (κ2) is 12.8. The van der Waals surface area contributed by atoms with Crippen molar-refractivity contribution in [2.75, 3.05) is 13.7 Å². The number of amides is 1. The molecular formula is C26H29N5O9. The van der Waals surface area contributed by atoms with E-state index in [4.69, 9.17) is 25.2 Å². The van der Waals surface area contributed by atoms with E-state index in [0.717, 1.165) is 41.2 Å². The molecule has 3 heterocycles. The van der Waals surface area contributed by atoms with Crippen LogP contribution in [-0.4, -0.2) is 88.1 Å². The van der Waals surface area contributed by atoms with Crippen LogP contribution in [0.1, 0.15) is 46.7 Å². The first-order chi connectivity index (χ1) is 18.9. The zero-order valence-corrected chi connectivity index (χ0v) is 21.9. The maximum absolute atomic E-state index is 12.8. The first-order valence-corrected chi connectivity index (χ1v) is 12.1. The van der Waals surface area contributed by atoms with E-state index in [1.54, 1.807) is 19.5 Å². The van der Waals surface area contributed by atoms with Gasteiger partial charge in [-0.2, -0.15) is 5.10 Å². The van der Waals surface area contributed by atoms with E-state index in [1.807, 2.05) is 47.0 Å². The lowest BCUT2D eigenvalue weighted by Crippen LogP contribution is -2.42. The van der Waals surface area contributed by atoms with Gasteiger partial charge < -0.3 is 30.1 Å². The van der Waals surface area contributed by atoms with Crippen molar-refractivity contribution in [2.24, 2.45) is 0 Å². The molecule has 0 aliphatic carbocycles. The van der Waals surface area contributed by atoms with Crippen LogP contribution in [-0.2, 0) is 27.3 Å². The van der Waals surface area contributed by atoms with Crippen molar-refractivity contribution in [1.29, 1.82) is 0 Å². The lowest BCUT2D eigenvalue weighted by Gasteiger charge is -2.19. The summed E-state index contributed by atoms with van der Waals surface area (Å²) in [5.74, 6) is -4.30. The molecule has 212 valence electrons. The van der Waals surface area contributed by atoms with Gasteiger partial charge in [-0.25, -0.2) is 14.5 Å². The minimum Gasteiger partial charge on any atom is -0.497 e. The third-order valence-corrected chi connectivity index (χ3v) is 6.05. The number of aliphatic hydroxyl groups is 1. The number of hydrogen-bond donors (Lipinski definition) is 4. The van der Waals surface area contributed by atoms with Crippen molar-refractivity contribution >= 4 is 23.8 Å². The molecule has 0 radical (unpaired) electrons.